The molecular weight excluding hydrogens is 150 g/mol. The van der Waals surface area contributed by atoms with Crippen molar-refractivity contribution in [3.8, 4) is 0 Å². The van der Waals surface area contributed by atoms with E-state index < -0.39 is 0 Å². The standard InChI is InChI=1S/C5H7N3OS/c1-8(2)5(9)4-3-10-7-6-4/h3H,1-2H3. The summed E-state index contributed by atoms with van der Waals surface area (Å²) >= 11 is 1.18. The van der Waals surface area contributed by atoms with E-state index in [0.717, 1.165) is 0 Å². The van der Waals surface area contributed by atoms with Crippen molar-refractivity contribution in [2.24, 2.45) is 0 Å². The second-order valence-electron chi connectivity index (χ2n) is 1.99. The lowest BCUT2D eigenvalue weighted by Crippen LogP contribution is -2.21. The van der Waals surface area contributed by atoms with Crippen LogP contribution in [0.4, 0.5) is 0 Å². The van der Waals surface area contributed by atoms with Gasteiger partial charge in [0.1, 0.15) is 0 Å². The average Bonchev–Trinajstić information content (AvgIpc) is 2.36. The summed E-state index contributed by atoms with van der Waals surface area (Å²) in [7, 11) is 3.36. The molecule has 0 aliphatic rings. The summed E-state index contributed by atoms with van der Waals surface area (Å²) < 4.78 is 3.57. The van der Waals surface area contributed by atoms with Crippen molar-refractivity contribution < 1.29 is 4.79 Å². The van der Waals surface area contributed by atoms with E-state index in [1.165, 1.54) is 16.4 Å². The zero-order chi connectivity index (χ0) is 7.56. The SMILES string of the molecule is CN(C)C(=O)c1csnn1. The molecule has 0 aromatic carbocycles. The predicted octanol–water partition coefficient (Wildman–Crippen LogP) is 0.240. The first-order valence-electron chi connectivity index (χ1n) is 2.70. The fraction of sp³-hybridized carbons (Fsp3) is 0.400. The predicted molar refractivity (Wildman–Crippen MR) is 37.9 cm³/mol. The van der Waals surface area contributed by atoms with Crippen molar-refractivity contribution in [2.75, 3.05) is 14.1 Å². The van der Waals surface area contributed by atoms with Crippen LogP contribution in [0, 0.1) is 0 Å². The van der Waals surface area contributed by atoms with Gasteiger partial charge in [-0.05, 0) is 11.5 Å². The molecule has 0 N–H and O–H groups in total. The van der Waals surface area contributed by atoms with E-state index in [4.69, 9.17) is 0 Å². The smallest absolute Gasteiger partial charge is 0.274 e. The van der Waals surface area contributed by atoms with E-state index in [9.17, 15) is 4.79 Å². The van der Waals surface area contributed by atoms with E-state index in [0.29, 0.717) is 5.69 Å². The van der Waals surface area contributed by atoms with Crippen molar-refractivity contribution in [2.45, 2.75) is 0 Å². The molecule has 0 aliphatic heterocycles. The van der Waals surface area contributed by atoms with Gasteiger partial charge in [-0.3, -0.25) is 4.79 Å². The lowest BCUT2D eigenvalue weighted by Gasteiger charge is -2.05. The highest BCUT2D eigenvalue weighted by Gasteiger charge is 2.09. The molecule has 1 aromatic rings. The van der Waals surface area contributed by atoms with Gasteiger partial charge in [-0.15, -0.1) is 5.10 Å². The quantitative estimate of drug-likeness (QED) is 0.586. The fourth-order valence-corrected chi connectivity index (χ4v) is 0.917. The van der Waals surface area contributed by atoms with Crippen LogP contribution in [-0.2, 0) is 0 Å². The number of hydrogen-bond acceptors (Lipinski definition) is 4. The van der Waals surface area contributed by atoms with Gasteiger partial charge >= 0.3 is 0 Å². The summed E-state index contributed by atoms with van der Waals surface area (Å²) in [6, 6.07) is 0. The Morgan fingerprint density at radius 1 is 1.70 bits per heavy atom. The van der Waals surface area contributed by atoms with E-state index >= 15 is 0 Å². The van der Waals surface area contributed by atoms with Gasteiger partial charge in [-0.1, -0.05) is 4.49 Å². The van der Waals surface area contributed by atoms with Gasteiger partial charge in [0.25, 0.3) is 5.91 Å². The number of rotatable bonds is 1. The van der Waals surface area contributed by atoms with E-state index in [1.807, 2.05) is 0 Å². The maximum Gasteiger partial charge on any atom is 0.274 e. The fourth-order valence-electron chi connectivity index (χ4n) is 0.487. The molecule has 0 spiro atoms. The Morgan fingerprint density at radius 3 is 2.80 bits per heavy atom. The second-order valence-corrected chi connectivity index (χ2v) is 2.60. The van der Waals surface area contributed by atoms with Gasteiger partial charge in [-0.25, -0.2) is 0 Å². The van der Waals surface area contributed by atoms with Crippen LogP contribution < -0.4 is 0 Å². The maximum absolute atomic E-state index is 11.0. The van der Waals surface area contributed by atoms with Crippen molar-refractivity contribution in [1.82, 2.24) is 14.5 Å². The number of carbonyl (C=O) groups is 1. The molecule has 0 unspecified atom stereocenters. The Hall–Kier alpha value is -0.970. The highest BCUT2D eigenvalue weighted by Crippen LogP contribution is 1.98. The lowest BCUT2D eigenvalue weighted by molar-refractivity contribution is 0.0822. The van der Waals surface area contributed by atoms with Gasteiger partial charge in [0.15, 0.2) is 5.69 Å². The molecule has 54 valence electrons. The molecule has 0 atom stereocenters. The number of aromatic nitrogens is 2. The zero-order valence-electron chi connectivity index (χ0n) is 5.74. The molecule has 1 amide bonds. The molecular formula is C5H7N3OS. The summed E-state index contributed by atoms with van der Waals surface area (Å²) in [6.07, 6.45) is 0. The highest BCUT2D eigenvalue weighted by molar-refractivity contribution is 7.03. The van der Waals surface area contributed by atoms with Gasteiger partial charge in [-0.2, -0.15) is 0 Å². The van der Waals surface area contributed by atoms with E-state index in [-0.39, 0.29) is 5.91 Å². The van der Waals surface area contributed by atoms with Gasteiger partial charge < -0.3 is 4.90 Å². The van der Waals surface area contributed by atoms with Gasteiger partial charge in [0, 0.05) is 19.5 Å². The van der Waals surface area contributed by atoms with Gasteiger partial charge in [0.05, 0.1) is 0 Å². The third kappa shape index (κ3) is 1.30. The van der Waals surface area contributed by atoms with Crippen LogP contribution in [0.25, 0.3) is 0 Å². The minimum Gasteiger partial charge on any atom is -0.343 e. The zero-order valence-corrected chi connectivity index (χ0v) is 6.55. The Labute approximate surface area is 62.6 Å². The van der Waals surface area contributed by atoms with Crippen molar-refractivity contribution in [1.29, 1.82) is 0 Å². The summed E-state index contributed by atoms with van der Waals surface area (Å²) in [4.78, 5) is 12.5. The summed E-state index contributed by atoms with van der Waals surface area (Å²) in [5, 5.41) is 5.24. The topological polar surface area (TPSA) is 46.1 Å². The number of amides is 1. The first-order valence-corrected chi connectivity index (χ1v) is 3.54. The number of carbonyl (C=O) groups excluding carboxylic acids is 1. The third-order valence-electron chi connectivity index (χ3n) is 0.985. The maximum atomic E-state index is 11.0. The van der Waals surface area contributed by atoms with Crippen molar-refractivity contribution in [3.05, 3.63) is 11.1 Å². The van der Waals surface area contributed by atoms with Crippen LogP contribution in [0.3, 0.4) is 0 Å². The van der Waals surface area contributed by atoms with Crippen molar-refractivity contribution >= 4 is 17.4 Å². The van der Waals surface area contributed by atoms with Crippen LogP contribution in [0.15, 0.2) is 5.38 Å². The second kappa shape index (κ2) is 2.74. The molecule has 5 heteroatoms. The first-order chi connectivity index (χ1) is 4.72. The summed E-state index contributed by atoms with van der Waals surface area (Å²) in [5.41, 5.74) is 0.412. The Kier molecular flexibility index (Phi) is 1.96. The molecule has 1 heterocycles. The summed E-state index contributed by atoms with van der Waals surface area (Å²) in [6.45, 7) is 0. The van der Waals surface area contributed by atoms with Crippen LogP contribution in [0.1, 0.15) is 10.5 Å². The van der Waals surface area contributed by atoms with Crippen LogP contribution in [-0.4, -0.2) is 34.5 Å². The molecule has 4 nitrogen and oxygen atoms in total. The molecule has 0 bridgehead atoms. The molecule has 10 heavy (non-hydrogen) atoms. The number of hydrogen-bond donors (Lipinski definition) is 0. The van der Waals surface area contributed by atoms with Crippen LogP contribution >= 0.6 is 11.5 Å². The van der Waals surface area contributed by atoms with Crippen molar-refractivity contribution in [3.63, 3.8) is 0 Å². The minimum atomic E-state index is -0.103. The normalized spacial score (nSPS) is 9.40. The van der Waals surface area contributed by atoms with Crippen LogP contribution in [0.5, 0.6) is 0 Å². The average molecular weight is 157 g/mol. The molecule has 1 rings (SSSR count). The molecule has 0 aliphatic carbocycles. The molecule has 0 fully saturated rings. The Balaban J connectivity index is 2.78. The molecule has 0 saturated heterocycles. The van der Waals surface area contributed by atoms with Crippen LogP contribution in [0.2, 0.25) is 0 Å². The minimum absolute atomic E-state index is 0.103. The first kappa shape index (κ1) is 7.14. The molecule has 0 radical (unpaired) electrons. The van der Waals surface area contributed by atoms with E-state index in [1.54, 1.807) is 19.5 Å². The Morgan fingerprint density at radius 2 is 2.40 bits per heavy atom. The molecule has 0 saturated carbocycles. The molecule has 1 aromatic heterocycles. The monoisotopic (exact) mass is 157 g/mol. The highest BCUT2D eigenvalue weighted by atomic mass is 32.1. The summed E-state index contributed by atoms with van der Waals surface area (Å²) in [5.74, 6) is -0.103. The third-order valence-corrected chi connectivity index (χ3v) is 1.49. The number of nitrogens with zero attached hydrogens (tertiary/aromatic N) is 3. The van der Waals surface area contributed by atoms with Gasteiger partial charge in [0.2, 0.25) is 0 Å². The van der Waals surface area contributed by atoms with E-state index in [2.05, 4.69) is 9.59 Å². The Bertz CT molecular complexity index is 219. The largest absolute Gasteiger partial charge is 0.343 e. The lowest BCUT2D eigenvalue weighted by atomic mass is 10.4.